The number of nitrogens with zero attached hydrogens (tertiary/aromatic N) is 4. The molecule has 6 nitrogen and oxygen atoms in total. The van der Waals surface area contributed by atoms with E-state index in [0.29, 0.717) is 17.1 Å². The summed E-state index contributed by atoms with van der Waals surface area (Å²) in [6, 6.07) is 22.8. The van der Waals surface area contributed by atoms with E-state index in [1.165, 1.54) is 0 Å². The van der Waals surface area contributed by atoms with E-state index in [0.717, 1.165) is 11.1 Å². The fourth-order valence-corrected chi connectivity index (χ4v) is 2.75. The first-order chi connectivity index (χ1) is 13.8. The lowest BCUT2D eigenvalue weighted by Crippen LogP contribution is -2.21. The third-order valence-corrected chi connectivity index (χ3v) is 4.14. The van der Waals surface area contributed by atoms with Crippen molar-refractivity contribution in [2.75, 3.05) is 0 Å². The molecule has 0 saturated carbocycles. The van der Waals surface area contributed by atoms with Gasteiger partial charge in [0.25, 0.3) is 5.91 Å². The highest BCUT2D eigenvalue weighted by Gasteiger charge is 2.10. The predicted octanol–water partition coefficient (Wildman–Crippen LogP) is 3.45. The lowest BCUT2D eigenvalue weighted by atomic mass is 10.0. The van der Waals surface area contributed by atoms with Crippen LogP contribution in [0.25, 0.3) is 5.82 Å². The Hall–Kier alpha value is -4.06. The van der Waals surface area contributed by atoms with Gasteiger partial charge in [-0.25, -0.2) is 15.4 Å². The van der Waals surface area contributed by atoms with Gasteiger partial charge in [0.1, 0.15) is 12.1 Å². The van der Waals surface area contributed by atoms with E-state index in [9.17, 15) is 4.79 Å². The summed E-state index contributed by atoms with van der Waals surface area (Å²) < 4.78 is 1.74. The molecule has 28 heavy (non-hydrogen) atoms. The molecule has 1 N–H and O–H groups in total. The molecule has 0 saturated heterocycles. The highest BCUT2D eigenvalue weighted by Crippen LogP contribution is 2.11. The molecule has 4 rings (SSSR count). The number of benzene rings is 2. The van der Waals surface area contributed by atoms with Gasteiger partial charge in [-0.1, -0.05) is 60.7 Å². The SMILES string of the molecule is O=C(NN=C(c1ccccc1)c1ccccc1)c1ccnc(-n2ccnc2)c1. The first-order valence-corrected chi connectivity index (χ1v) is 8.74. The van der Waals surface area contributed by atoms with E-state index in [-0.39, 0.29) is 5.91 Å². The number of carbonyl (C=O) groups is 1. The zero-order valence-electron chi connectivity index (χ0n) is 14.9. The van der Waals surface area contributed by atoms with Crippen LogP contribution in [0.3, 0.4) is 0 Å². The molecule has 0 bridgehead atoms. The van der Waals surface area contributed by atoms with Crippen LogP contribution in [0, 0.1) is 0 Å². The van der Waals surface area contributed by atoms with Crippen LogP contribution < -0.4 is 5.43 Å². The van der Waals surface area contributed by atoms with Crippen LogP contribution in [-0.2, 0) is 0 Å². The third-order valence-electron chi connectivity index (χ3n) is 4.14. The lowest BCUT2D eigenvalue weighted by Gasteiger charge is -2.08. The molecule has 2 aromatic heterocycles. The van der Waals surface area contributed by atoms with E-state index in [1.54, 1.807) is 41.6 Å². The molecule has 6 heteroatoms. The van der Waals surface area contributed by atoms with Crippen molar-refractivity contribution in [3.05, 3.63) is 114 Å². The number of aromatic nitrogens is 3. The minimum absolute atomic E-state index is 0.312. The van der Waals surface area contributed by atoms with Crippen molar-refractivity contribution in [3.8, 4) is 5.82 Å². The Bertz CT molecular complexity index is 1050. The summed E-state index contributed by atoms with van der Waals surface area (Å²) in [4.78, 5) is 20.9. The molecule has 2 aromatic carbocycles. The first kappa shape index (κ1) is 17.4. The van der Waals surface area contributed by atoms with Gasteiger partial charge in [0.15, 0.2) is 0 Å². The highest BCUT2D eigenvalue weighted by molar-refractivity contribution is 6.13. The highest BCUT2D eigenvalue weighted by atomic mass is 16.2. The largest absolute Gasteiger partial charge is 0.291 e. The topological polar surface area (TPSA) is 72.2 Å². The molecular weight excluding hydrogens is 350 g/mol. The van der Waals surface area contributed by atoms with E-state index >= 15 is 0 Å². The Balaban J connectivity index is 1.62. The van der Waals surface area contributed by atoms with Gasteiger partial charge in [-0.05, 0) is 12.1 Å². The summed E-state index contributed by atoms with van der Waals surface area (Å²) in [7, 11) is 0. The maximum absolute atomic E-state index is 12.7. The maximum atomic E-state index is 12.7. The fraction of sp³-hybridized carbons (Fsp3) is 0. The van der Waals surface area contributed by atoms with Gasteiger partial charge < -0.3 is 0 Å². The van der Waals surface area contributed by atoms with E-state index < -0.39 is 0 Å². The summed E-state index contributed by atoms with van der Waals surface area (Å²) >= 11 is 0. The Morgan fingerprint density at radius 1 is 0.857 bits per heavy atom. The summed E-state index contributed by atoms with van der Waals surface area (Å²) in [5, 5.41) is 4.41. The second kappa shape index (κ2) is 8.09. The first-order valence-electron chi connectivity index (χ1n) is 8.74. The van der Waals surface area contributed by atoms with Gasteiger partial charge in [-0.15, -0.1) is 0 Å². The maximum Gasteiger partial charge on any atom is 0.271 e. The van der Waals surface area contributed by atoms with Crippen LogP contribution in [0.5, 0.6) is 0 Å². The molecule has 2 heterocycles. The van der Waals surface area contributed by atoms with Crippen LogP contribution in [0.1, 0.15) is 21.5 Å². The number of hydrogen-bond donors (Lipinski definition) is 1. The molecule has 0 atom stereocenters. The Labute approximate surface area is 162 Å². The standard InChI is InChI=1S/C22H17N5O/c28-22(19-11-12-24-20(15-19)27-14-13-23-16-27)26-25-21(17-7-3-1-4-8-17)18-9-5-2-6-10-18/h1-16H,(H,26,28). The number of amides is 1. The van der Waals surface area contributed by atoms with Gasteiger partial charge in [0.05, 0.1) is 5.71 Å². The van der Waals surface area contributed by atoms with Crippen LogP contribution in [0.15, 0.2) is 103 Å². The quantitative estimate of drug-likeness (QED) is 0.434. The second-order valence-corrected chi connectivity index (χ2v) is 6.01. The van der Waals surface area contributed by atoms with Gasteiger partial charge in [-0.2, -0.15) is 5.10 Å². The summed E-state index contributed by atoms with van der Waals surface area (Å²) in [6.45, 7) is 0. The molecule has 0 unspecified atom stereocenters. The van der Waals surface area contributed by atoms with Crippen molar-refractivity contribution >= 4 is 11.6 Å². The Kier molecular flexibility index (Phi) is 5.02. The number of imidazole rings is 1. The van der Waals surface area contributed by atoms with Crippen molar-refractivity contribution in [3.63, 3.8) is 0 Å². The van der Waals surface area contributed by atoms with E-state index in [1.807, 2.05) is 60.7 Å². The van der Waals surface area contributed by atoms with Crippen LogP contribution in [0.4, 0.5) is 0 Å². The Morgan fingerprint density at radius 2 is 1.54 bits per heavy atom. The van der Waals surface area contributed by atoms with Crippen molar-refractivity contribution in [1.82, 2.24) is 20.0 Å². The predicted molar refractivity (Wildman–Crippen MR) is 107 cm³/mol. The molecule has 0 spiro atoms. The van der Waals surface area contributed by atoms with Gasteiger partial charge >= 0.3 is 0 Å². The third kappa shape index (κ3) is 3.86. The molecule has 136 valence electrons. The van der Waals surface area contributed by atoms with Crippen molar-refractivity contribution < 1.29 is 4.79 Å². The average Bonchev–Trinajstić information content (AvgIpc) is 3.30. The minimum atomic E-state index is -0.312. The van der Waals surface area contributed by atoms with Crippen molar-refractivity contribution in [1.29, 1.82) is 0 Å². The average molecular weight is 367 g/mol. The molecule has 1 amide bonds. The number of pyridine rings is 1. The summed E-state index contributed by atoms with van der Waals surface area (Å²) in [6.07, 6.45) is 6.64. The summed E-state index contributed by atoms with van der Waals surface area (Å²) in [5.41, 5.74) is 5.66. The second-order valence-electron chi connectivity index (χ2n) is 6.01. The molecule has 0 aliphatic rings. The fourth-order valence-electron chi connectivity index (χ4n) is 2.75. The van der Waals surface area contributed by atoms with Gasteiger partial charge in [0.2, 0.25) is 0 Å². The molecule has 0 radical (unpaired) electrons. The number of nitrogens with one attached hydrogen (secondary N) is 1. The number of rotatable bonds is 5. The number of hydrogen-bond acceptors (Lipinski definition) is 4. The Morgan fingerprint density at radius 3 is 2.14 bits per heavy atom. The molecular formula is C22H17N5O. The van der Waals surface area contributed by atoms with Crippen molar-refractivity contribution in [2.45, 2.75) is 0 Å². The van der Waals surface area contributed by atoms with Crippen molar-refractivity contribution in [2.24, 2.45) is 5.10 Å². The molecule has 0 aliphatic heterocycles. The van der Waals surface area contributed by atoms with Crippen LogP contribution in [-0.4, -0.2) is 26.2 Å². The number of hydrazone groups is 1. The van der Waals surface area contributed by atoms with E-state index in [2.05, 4.69) is 20.5 Å². The minimum Gasteiger partial charge on any atom is -0.291 e. The lowest BCUT2D eigenvalue weighted by molar-refractivity contribution is 0.0955. The zero-order valence-corrected chi connectivity index (χ0v) is 14.9. The zero-order chi connectivity index (χ0) is 19.2. The van der Waals surface area contributed by atoms with Gasteiger partial charge in [0, 0.05) is 35.3 Å². The van der Waals surface area contributed by atoms with Crippen LogP contribution in [0.2, 0.25) is 0 Å². The smallest absolute Gasteiger partial charge is 0.271 e. The van der Waals surface area contributed by atoms with E-state index in [4.69, 9.17) is 0 Å². The monoisotopic (exact) mass is 367 g/mol. The summed E-state index contributed by atoms with van der Waals surface area (Å²) in [5.74, 6) is 0.300. The molecule has 0 aliphatic carbocycles. The normalized spacial score (nSPS) is 10.3. The number of carbonyl (C=O) groups excluding carboxylic acids is 1. The molecule has 0 fully saturated rings. The van der Waals surface area contributed by atoms with Gasteiger partial charge in [-0.3, -0.25) is 9.36 Å². The van der Waals surface area contributed by atoms with Crippen LogP contribution >= 0.6 is 0 Å². The molecule has 4 aromatic rings.